The number of allylic oxidation sites excluding steroid dienone is 3. The molecule has 0 amide bonds. The first-order valence-corrected chi connectivity index (χ1v) is 10.4. The molecular formula is C22H37N3O5. The van der Waals surface area contributed by atoms with Gasteiger partial charge in [0, 0.05) is 29.9 Å². The van der Waals surface area contributed by atoms with Gasteiger partial charge in [-0.25, -0.2) is 9.78 Å². The third kappa shape index (κ3) is 6.81. The minimum Gasteiger partial charge on any atom is -0.478 e. The largest absolute Gasteiger partial charge is 0.478 e. The molecule has 1 aromatic rings. The molecule has 1 unspecified atom stereocenters. The molecule has 2 heterocycles. The first kappa shape index (κ1) is 27.5. The lowest BCUT2D eigenvalue weighted by atomic mass is 9.69. The average Bonchev–Trinajstić information content (AvgIpc) is 3.23. The number of Topliss-reactive ketones (excluding diaryl/α,β-unsaturated/α-hetero) is 1. The molecule has 8 heteroatoms. The Morgan fingerprint density at radius 3 is 2.30 bits per heavy atom. The Morgan fingerprint density at radius 2 is 1.87 bits per heavy atom. The van der Waals surface area contributed by atoms with Gasteiger partial charge in [0.2, 0.25) is 0 Å². The van der Waals surface area contributed by atoms with Crippen LogP contribution in [0, 0.1) is 5.41 Å². The lowest BCUT2D eigenvalue weighted by Gasteiger charge is -2.38. The number of nitrogens with one attached hydrogen (secondary N) is 1. The number of carbonyl (C=O) groups excluding carboxylic acids is 1. The van der Waals surface area contributed by atoms with Gasteiger partial charge >= 0.3 is 5.97 Å². The van der Waals surface area contributed by atoms with Crippen molar-refractivity contribution in [3.8, 4) is 0 Å². The number of nitrogens with two attached hydrogens (primary N) is 1. The summed E-state index contributed by atoms with van der Waals surface area (Å²) in [5.41, 5.74) is 6.61. The van der Waals surface area contributed by atoms with Crippen molar-refractivity contribution in [1.29, 1.82) is 0 Å². The zero-order valence-corrected chi connectivity index (χ0v) is 19.2. The van der Waals surface area contributed by atoms with E-state index in [0.717, 1.165) is 5.70 Å². The summed E-state index contributed by atoms with van der Waals surface area (Å²) in [4.78, 5) is 28.2. The van der Waals surface area contributed by atoms with Crippen LogP contribution < -0.4 is 11.1 Å². The minimum absolute atomic E-state index is 0.0357. The molecule has 0 radical (unpaired) electrons. The Kier molecular flexibility index (Phi) is 11.9. The number of aromatic nitrogens is 1. The molecule has 0 saturated carbocycles. The maximum atomic E-state index is 12.6. The zero-order valence-electron chi connectivity index (χ0n) is 19.2. The predicted octanol–water partition coefficient (Wildman–Crippen LogP) is 3.35. The maximum Gasteiger partial charge on any atom is 0.334 e. The Bertz CT molecular complexity index is 747. The quantitative estimate of drug-likeness (QED) is 0.580. The molecule has 0 spiro atoms. The van der Waals surface area contributed by atoms with E-state index in [4.69, 9.17) is 15.3 Å². The number of aliphatic carboxylic acids is 1. The first-order valence-electron chi connectivity index (χ1n) is 10.4. The number of aliphatic hydroxyl groups is 1. The molecule has 170 valence electrons. The lowest BCUT2D eigenvalue weighted by molar-refractivity contribution is -0.133. The molecule has 8 nitrogen and oxygen atoms in total. The first-order chi connectivity index (χ1) is 14.2. The molecule has 0 saturated heterocycles. The molecule has 3 rings (SSSR count). The lowest BCUT2D eigenvalue weighted by Crippen LogP contribution is -2.38. The Labute approximate surface area is 179 Å². The summed E-state index contributed by atoms with van der Waals surface area (Å²) in [5.74, 6) is -1.40. The fourth-order valence-corrected chi connectivity index (χ4v) is 3.37. The van der Waals surface area contributed by atoms with Gasteiger partial charge in [-0.1, -0.05) is 41.5 Å². The number of carboxylic acid groups (broad SMARTS) is 1. The third-order valence-corrected chi connectivity index (χ3v) is 4.34. The smallest absolute Gasteiger partial charge is 0.334 e. The number of rotatable bonds is 3. The average molecular weight is 424 g/mol. The Hall–Kier alpha value is -2.45. The molecule has 30 heavy (non-hydrogen) atoms. The van der Waals surface area contributed by atoms with Crippen molar-refractivity contribution in [2.24, 2.45) is 11.1 Å². The highest BCUT2D eigenvalue weighted by molar-refractivity contribution is 6.03. The summed E-state index contributed by atoms with van der Waals surface area (Å²) in [6, 6.07) is 0. The van der Waals surface area contributed by atoms with Gasteiger partial charge in [-0.3, -0.25) is 4.79 Å². The molecule has 0 fully saturated rings. The van der Waals surface area contributed by atoms with Crippen LogP contribution in [0.25, 0.3) is 0 Å². The number of hydrogen-bond acceptors (Lipinski definition) is 7. The second-order valence-corrected chi connectivity index (χ2v) is 7.15. The molecule has 5 N–H and O–H groups in total. The van der Waals surface area contributed by atoms with Gasteiger partial charge in [-0.15, -0.1) is 0 Å². The maximum absolute atomic E-state index is 12.6. The molecule has 0 bridgehead atoms. The molecule has 1 atom stereocenters. The van der Waals surface area contributed by atoms with Crippen LogP contribution in [0.15, 0.2) is 39.5 Å². The van der Waals surface area contributed by atoms with Gasteiger partial charge in [-0.2, -0.15) is 0 Å². The van der Waals surface area contributed by atoms with Crippen LogP contribution in [0.1, 0.15) is 73.0 Å². The third-order valence-electron chi connectivity index (χ3n) is 4.34. The highest BCUT2D eigenvalue weighted by Crippen LogP contribution is 2.46. The van der Waals surface area contributed by atoms with Crippen molar-refractivity contribution >= 4 is 11.8 Å². The number of ketones is 1. The molecular weight excluding hydrogens is 386 g/mol. The topological polar surface area (TPSA) is 139 Å². The summed E-state index contributed by atoms with van der Waals surface area (Å²) in [5, 5.41) is 20.4. The standard InChI is InChI=1S/C16H18N2O4.C2H7NO.2C2H6/c1-8-12(15(20)21)14(11-6-17-7-22-11)13-9(18-8)4-16(2,3)5-10(13)19;3-1-2-4;2*1-2/h6-7,14,18H,4-5H2,1-3H3,(H,20,21);4H,1-3H2;2*1-2H3. The Morgan fingerprint density at radius 1 is 1.30 bits per heavy atom. The van der Waals surface area contributed by atoms with Crippen LogP contribution in [0.5, 0.6) is 0 Å². The molecule has 0 aromatic carbocycles. The normalized spacial score (nSPS) is 19.1. The second-order valence-electron chi connectivity index (χ2n) is 7.15. The van der Waals surface area contributed by atoms with Crippen molar-refractivity contribution in [2.45, 2.75) is 67.2 Å². The van der Waals surface area contributed by atoms with Gasteiger partial charge < -0.3 is 25.7 Å². The minimum atomic E-state index is -1.06. The second kappa shape index (κ2) is 13.0. The molecule has 2 aliphatic rings. The number of oxazole rings is 1. The van der Waals surface area contributed by atoms with Crippen LogP contribution in [0.2, 0.25) is 0 Å². The van der Waals surface area contributed by atoms with Crippen LogP contribution in [0.4, 0.5) is 0 Å². The van der Waals surface area contributed by atoms with E-state index in [1.165, 1.54) is 12.6 Å². The monoisotopic (exact) mass is 423 g/mol. The fourth-order valence-electron chi connectivity index (χ4n) is 3.37. The van der Waals surface area contributed by atoms with Gasteiger partial charge in [0.05, 0.1) is 24.3 Å². The predicted molar refractivity (Wildman–Crippen MR) is 117 cm³/mol. The zero-order chi connectivity index (χ0) is 23.5. The summed E-state index contributed by atoms with van der Waals surface area (Å²) in [6.45, 7) is 14.2. The molecule has 1 aliphatic carbocycles. The van der Waals surface area contributed by atoms with E-state index in [-0.39, 0.29) is 23.4 Å². The molecule has 1 aliphatic heterocycles. The SMILES string of the molecule is CC.CC.CC1=C(C(=O)O)C(c2cnco2)C2=C(CC(C)(C)CC2=O)N1.NCCO. The van der Waals surface area contributed by atoms with E-state index >= 15 is 0 Å². The van der Waals surface area contributed by atoms with E-state index < -0.39 is 11.9 Å². The number of nitrogens with zero attached hydrogens (tertiary/aromatic N) is 1. The van der Waals surface area contributed by atoms with Gasteiger partial charge in [0.1, 0.15) is 5.76 Å². The van der Waals surface area contributed by atoms with Crippen molar-refractivity contribution in [3.05, 3.63) is 40.9 Å². The van der Waals surface area contributed by atoms with E-state index in [2.05, 4.69) is 10.3 Å². The summed E-state index contributed by atoms with van der Waals surface area (Å²) in [6.07, 6.45) is 3.82. The fraction of sp³-hybridized carbons (Fsp3) is 0.591. The molecule has 1 aromatic heterocycles. The van der Waals surface area contributed by atoms with Crippen LogP contribution in [-0.2, 0) is 9.59 Å². The van der Waals surface area contributed by atoms with Gasteiger partial charge in [0.25, 0.3) is 0 Å². The van der Waals surface area contributed by atoms with Gasteiger partial charge in [0.15, 0.2) is 12.2 Å². The van der Waals surface area contributed by atoms with Crippen molar-refractivity contribution in [3.63, 3.8) is 0 Å². The van der Waals surface area contributed by atoms with Crippen LogP contribution in [0.3, 0.4) is 0 Å². The number of carboxylic acids is 1. The van der Waals surface area contributed by atoms with Crippen LogP contribution >= 0.6 is 0 Å². The number of aliphatic hydroxyl groups excluding tert-OH is 1. The van der Waals surface area contributed by atoms with E-state index in [1.807, 2.05) is 41.5 Å². The van der Waals surface area contributed by atoms with Gasteiger partial charge in [-0.05, 0) is 18.8 Å². The number of dihydropyridines is 1. The van der Waals surface area contributed by atoms with Crippen molar-refractivity contribution in [2.75, 3.05) is 13.2 Å². The van der Waals surface area contributed by atoms with Crippen molar-refractivity contribution in [1.82, 2.24) is 10.3 Å². The summed E-state index contributed by atoms with van der Waals surface area (Å²) in [7, 11) is 0. The highest BCUT2D eigenvalue weighted by Gasteiger charge is 2.43. The number of hydrogen-bond donors (Lipinski definition) is 4. The summed E-state index contributed by atoms with van der Waals surface area (Å²) < 4.78 is 5.33. The van der Waals surface area contributed by atoms with E-state index in [1.54, 1.807) is 6.92 Å². The highest BCUT2D eigenvalue weighted by atomic mass is 16.4. The van der Waals surface area contributed by atoms with E-state index in [9.17, 15) is 14.7 Å². The van der Waals surface area contributed by atoms with E-state index in [0.29, 0.717) is 36.4 Å². The number of carbonyl (C=O) groups is 2. The Balaban J connectivity index is 0.000000924. The van der Waals surface area contributed by atoms with Crippen molar-refractivity contribution < 1.29 is 24.2 Å². The van der Waals surface area contributed by atoms with Crippen LogP contribution in [-0.4, -0.2) is 40.1 Å². The summed E-state index contributed by atoms with van der Waals surface area (Å²) >= 11 is 0.